The predicted molar refractivity (Wildman–Crippen MR) is 112 cm³/mol. The van der Waals surface area contributed by atoms with Gasteiger partial charge in [0.05, 0.1) is 19.3 Å². The number of benzene rings is 2. The van der Waals surface area contributed by atoms with Crippen molar-refractivity contribution in [2.45, 2.75) is 25.8 Å². The van der Waals surface area contributed by atoms with Crippen LogP contribution >= 0.6 is 11.6 Å². The molecule has 1 N–H and O–H groups in total. The average Bonchev–Trinajstić information content (AvgIpc) is 2.74. The van der Waals surface area contributed by atoms with Crippen LogP contribution in [0.3, 0.4) is 0 Å². The third-order valence-electron chi connectivity index (χ3n) is 4.94. The van der Waals surface area contributed by atoms with Crippen LogP contribution in [0.2, 0.25) is 5.02 Å². The van der Waals surface area contributed by atoms with E-state index >= 15 is 0 Å². The molecule has 154 valence electrons. The van der Waals surface area contributed by atoms with Gasteiger partial charge in [-0.15, -0.1) is 0 Å². The number of piperidine rings is 1. The molecule has 0 unspecified atom stereocenters. The Labute approximate surface area is 175 Å². The standard InChI is InChI=1S/C22H25ClN2O4/c1-3-29-18-7-4-15(5-8-18)22(27)25-12-10-17(11-13-25)24-21(26)19-14-16(23)6-9-20(19)28-2/h4-9,14,17H,3,10-13H2,1-2H3,(H,24,26). The summed E-state index contributed by atoms with van der Waals surface area (Å²) in [6.45, 7) is 3.69. The number of amides is 2. The van der Waals surface area contributed by atoms with Gasteiger partial charge in [-0.3, -0.25) is 9.59 Å². The number of halogens is 1. The fourth-order valence-electron chi connectivity index (χ4n) is 3.39. The third kappa shape index (κ3) is 5.21. The van der Waals surface area contributed by atoms with Crippen LogP contribution in [0.4, 0.5) is 0 Å². The van der Waals surface area contributed by atoms with Gasteiger partial charge in [-0.2, -0.15) is 0 Å². The van der Waals surface area contributed by atoms with E-state index in [4.69, 9.17) is 21.1 Å². The Hall–Kier alpha value is -2.73. The molecule has 1 saturated heterocycles. The summed E-state index contributed by atoms with van der Waals surface area (Å²) in [6, 6.07) is 12.1. The van der Waals surface area contributed by atoms with Crippen molar-refractivity contribution < 1.29 is 19.1 Å². The highest BCUT2D eigenvalue weighted by Crippen LogP contribution is 2.23. The van der Waals surface area contributed by atoms with Gasteiger partial charge < -0.3 is 19.7 Å². The SMILES string of the molecule is CCOc1ccc(C(=O)N2CCC(NC(=O)c3cc(Cl)ccc3OC)CC2)cc1. The van der Waals surface area contributed by atoms with Crippen molar-refractivity contribution in [2.75, 3.05) is 26.8 Å². The Morgan fingerprint density at radius 2 is 1.83 bits per heavy atom. The molecule has 2 aromatic carbocycles. The fraction of sp³-hybridized carbons (Fsp3) is 0.364. The molecular formula is C22H25ClN2O4. The molecule has 2 amide bonds. The van der Waals surface area contributed by atoms with Crippen LogP contribution in [0.25, 0.3) is 0 Å². The van der Waals surface area contributed by atoms with Gasteiger partial charge in [0, 0.05) is 29.7 Å². The van der Waals surface area contributed by atoms with E-state index in [0.29, 0.717) is 54.4 Å². The maximum absolute atomic E-state index is 12.7. The summed E-state index contributed by atoms with van der Waals surface area (Å²) in [6.07, 6.45) is 1.38. The van der Waals surface area contributed by atoms with Crippen LogP contribution in [0, 0.1) is 0 Å². The summed E-state index contributed by atoms with van der Waals surface area (Å²) in [7, 11) is 1.52. The molecule has 0 saturated carbocycles. The van der Waals surface area contributed by atoms with E-state index in [1.165, 1.54) is 7.11 Å². The molecule has 1 fully saturated rings. The maximum atomic E-state index is 12.7. The van der Waals surface area contributed by atoms with Crippen LogP contribution in [0.1, 0.15) is 40.5 Å². The van der Waals surface area contributed by atoms with Gasteiger partial charge in [-0.05, 0) is 62.2 Å². The van der Waals surface area contributed by atoms with Crippen LogP contribution in [-0.2, 0) is 0 Å². The molecule has 6 nitrogen and oxygen atoms in total. The monoisotopic (exact) mass is 416 g/mol. The topological polar surface area (TPSA) is 67.9 Å². The lowest BCUT2D eigenvalue weighted by atomic mass is 10.0. The lowest BCUT2D eigenvalue weighted by Gasteiger charge is -2.32. The molecule has 0 radical (unpaired) electrons. The summed E-state index contributed by atoms with van der Waals surface area (Å²) in [5.74, 6) is 1.01. The van der Waals surface area contributed by atoms with Gasteiger partial charge in [0.2, 0.25) is 0 Å². The second-order valence-electron chi connectivity index (χ2n) is 6.84. The average molecular weight is 417 g/mol. The Balaban J connectivity index is 1.55. The molecule has 7 heteroatoms. The van der Waals surface area contributed by atoms with Crippen molar-refractivity contribution in [1.82, 2.24) is 10.2 Å². The number of rotatable bonds is 6. The summed E-state index contributed by atoms with van der Waals surface area (Å²) in [4.78, 5) is 27.1. The van der Waals surface area contributed by atoms with Crippen molar-refractivity contribution in [3.8, 4) is 11.5 Å². The summed E-state index contributed by atoms with van der Waals surface area (Å²) >= 11 is 6.01. The van der Waals surface area contributed by atoms with Gasteiger partial charge in [0.1, 0.15) is 11.5 Å². The number of carbonyl (C=O) groups is 2. The smallest absolute Gasteiger partial charge is 0.255 e. The molecule has 2 aromatic rings. The minimum absolute atomic E-state index is 0.00410. The fourth-order valence-corrected chi connectivity index (χ4v) is 3.56. The lowest BCUT2D eigenvalue weighted by Crippen LogP contribution is -2.46. The first-order valence-corrected chi connectivity index (χ1v) is 10.1. The molecule has 1 aliphatic heterocycles. The summed E-state index contributed by atoms with van der Waals surface area (Å²) in [5, 5.41) is 3.50. The second-order valence-corrected chi connectivity index (χ2v) is 7.28. The van der Waals surface area contributed by atoms with E-state index in [0.717, 1.165) is 5.75 Å². The molecule has 1 heterocycles. The van der Waals surface area contributed by atoms with E-state index < -0.39 is 0 Å². The van der Waals surface area contributed by atoms with Gasteiger partial charge >= 0.3 is 0 Å². The highest BCUT2D eigenvalue weighted by atomic mass is 35.5. The third-order valence-corrected chi connectivity index (χ3v) is 5.17. The Morgan fingerprint density at radius 3 is 2.45 bits per heavy atom. The van der Waals surface area contributed by atoms with E-state index in [-0.39, 0.29) is 17.9 Å². The van der Waals surface area contributed by atoms with E-state index in [9.17, 15) is 9.59 Å². The Morgan fingerprint density at radius 1 is 1.14 bits per heavy atom. The van der Waals surface area contributed by atoms with Crippen LogP contribution < -0.4 is 14.8 Å². The lowest BCUT2D eigenvalue weighted by molar-refractivity contribution is 0.0698. The van der Waals surface area contributed by atoms with E-state index in [2.05, 4.69) is 5.32 Å². The molecule has 0 spiro atoms. The first-order valence-electron chi connectivity index (χ1n) is 9.68. The quantitative estimate of drug-likeness (QED) is 0.778. The predicted octanol–water partition coefficient (Wildman–Crippen LogP) is 3.78. The first kappa shape index (κ1) is 21.0. The molecule has 0 atom stereocenters. The molecule has 0 aromatic heterocycles. The van der Waals surface area contributed by atoms with E-state index in [1.54, 1.807) is 30.3 Å². The molecule has 0 aliphatic carbocycles. The number of hydrogen-bond donors (Lipinski definition) is 1. The molecular weight excluding hydrogens is 392 g/mol. The number of carbonyl (C=O) groups excluding carboxylic acids is 2. The second kappa shape index (κ2) is 9.65. The van der Waals surface area contributed by atoms with Gasteiger partial charge in [0.25, 0.3) is 11.8 Å². The zero-order valence-corrected chi connectivity index (χ0v) is 17.4. The minimum atomic E-state index is -0.222. The highest BCUT2D eigenvalue weighted by molar-refractivity contribution is 6.31. The number of ether oxygens (including phenoxy) is 2. The van der Waals surface area contributed by atoms with Gasteiger partial charge in [0.15, 0.2) is 0 Å². The van der Waals surface area contributed by atoms with Crippen molar-refractivity contribution in [1.29, 1.82) is 0 Å². The molecule has 1 aliphatic rings. The van der Waals surface area contributed by atoms with Crippen molar-refractivity contribution in [3.63, 3.8) is 0 Å². The molecule has 3 rings (SSSR count). The van der Waals surface area contributed by atoms with Crippen molar-refractivity contribution >= 4 is 23.4 Å². The largest absolute Gasteiger partial charge is 0.496 e. The highest BCUT2D eigenvalue weighted by Gasteiger charge is 2.25. The minimum Gasteiger partial charge on any atom is -0.496 e. The number of likely N-dealkylation sites (tertiary alicyclic amines) is 1. The zero-order chi connectivity index (χ0) is 20.8. The van der Waals surface area contributed by atoms with Gasteiger partial charge in [-0.1, -0.05) is 11.6 Å². The Bertz CT molecular complexity index is 862. The molecule has 29 heavy (non-hydrogen) atoms. The first-order chi connectivity index (χ1) is 14.0. The summed E-state index contributed by atoms with van der Waals surface area (Å²) < 4.78 is 10.7. The zero-order valence-electron chi connectivity index (χ0n) is 16.6. The van der Waals surface area contributed by atoms with E-state index in [1.807, 2.05) is 24.0 Å². The number of methoxy groups -OCH3 is 1. The number of nitrogens with zero attached hydrogens (tertiary/aromatic N) is 1. The molecule has 0 bridgehead atoms. The number of nitrogens with one attached hydrogen (secondary N) is 1. The van der Waals surface area contributed by atoms with Crippen LogP contribution in [-0.4, -0.2) is 49.6 Å². The van der Waals surface area contributed by atoms with Gasteiger partial charge in [-0.25, -0.2) is 0 Å². The number of hydrogen-bond acceptors (Lipinski definition) is 4. The van der Waals surface area contributed by atoms with Crippen molar-refractivity contribution in [2.24, 2.45) is 0 Å². The van der Waals surface area contributed by atoms with Crippen molar-refractivity contribution in [3.05, 3.63) is 58.6 Å². The van der Waals surface area contributed by atoms with Crippen LogP contribution in [0.15, 0.2) is 42.5 Å². The maximum Gasteiger partial charge on any atom is 0.255 e. The Kier molecular flexibility index (Phi) is 6.99. The van der Waals surface area contributed by atoms with Crippen LogP contribution in [0.5, 0.6) is 11.5 Å². The normalized spacial score (nSPS) is 14.4. The summed E-state index contributed by atoms with van der Waals surface area (Å²) in [5.41, 5.74) is 1.05.